The first-order valence-electron chi connectivity index (χ1n) is 8.91. The van der Waals surface area contributed by atoms with Crippen LogP contribution in [0.1, 0.15) is 42.4 Å². The van der Waals surface area contributed by atoms with E-state index in [2.05, 4.69) is 47.4 Å². The van der Waals surface area contributed by atoms with Gasteiger partial charge in [-0.15, -0.1) is 0 Å². The fourth-order valence-electron chi connectivity index (χ4n) is 3.60. The number of carbonyl (C=O) groups is 1. The Bertz CT molecular complexity index is 682. The third kappa shape index (κ3) is 3.97. The Morgan fingerprint density at radius 2 is 1.92 bits per heavy atom. The van der Waals surface area contributed by atoms with Gasteiger partial charge in [0.2, 0.25) is 0 Å². The molecular formula is C21H26N2O. The molecule has 3 nitrogen and oxygen atoms in total. The summed E-state index contributed by atoms with van der Waals surface area (Å²) in [5, 5.41) is 0. The maximum absolute atomic E-state index is 10.4. The Morgan fingerprint density at radius 1 is 1.08 bits per heavy atom. The van der Waals surface area contributed by atoms with Crippen LogP contribution in [0.2, 0.25) is 0 Å². The van der Waals surface area contributed by atoms with Crippen LogP contribution in [0.5, 0.6) is 0 Å². The number of anilines is 2. The molecule has 0 aliphatic carbocycles. The van der Waals surface area contributed by atoms with E-state index in [1.54, 1.807) is 0 Å². The van der Waals surface area contributed by atoms with Crippen molar-refractivity contribution in [3.8, 4) is 0 Å². The number of rotatable bonds is 7. The number of nitrogens with two attached hydrogens (primary N) is 1. The van der Waals surface area contributed by atoms with E-state index in [-0.39, 0.29) is 0 Å². The van der Waals surface area contributed by atoms with Gasteiger partial charge in [0.05, 0.1) is 11.4 Å². The van der Waals surface area contributed by atoms with Crippen molar-refractivity contribution < 1.29 is 4.79 Å². The molecule has 0 radical (unpaired) electrons. The summed E-state index contributed by atoms with van der Waals surface area (Å²) < 4.78 is 0. The van der Waals surface area contributed by atoms with Gasteiger partial charge in [0, 0.05) is 19.5 Å². The zero-order chi connectivity index (χ0) is 16.8. The Balaban J connectivity index is 1.76. The van der Waals surface area contributed by atoms with Crippen molar-refractivity contribution in [2.45, 2.75) is 45.1 Å². The van der Waals surface area contributed by atoms with E-state index in [1.165, 1.54) is 28.8 Å². The zero-order valence-corrected chi connectivity index (χ0v) is 14.2. The number of hydrogen-bond donors (Lipinski definition) is 1. The average molecular weight is 322 g/mol. The minimum atomic E-state index is 0.658. The molecule has 1 aliphatic rings. The number of carbonyl (C=O) groups excluding carboxylic acids is 1. The minimum Gasteiger partial charge on any atom is -0.397 e. The van der Waals surface area contributed by atoms with Crippen LogP contribution in [0.4, 0.5) is 11.4 Å². The van der Waals surface area contributed by atoms with Crippen LogP contribution in [0, 0.1) is 0 Å². The van der Waals surface area contributed by atoms with Crippen molar-refractivity contribution in [1.29, 1.82) is 0 Å². The fraction of sp³-hybridized carbons (Fsp3) is 0.381. The highest BCUT2D eigenvalue weighted by molar-refractivity contribution is 5.74. The summed E-state index contributed by atoms with van der Waals surface area (Å²) in [5.74, 6) is 0. The van der Waals surface area contributed by atoms with Crippen molar-refractivity contribution in [1.82, 2.24) is 0 Å². The maximum Gasteiger partial charge on any atom is 0.119 e. The van der Waals surface area contributed by atoms with Crippen LogP contribution >= 0.6 is 0 Å². The Hall–Kier alpha value is -2.29. The monoisotopic (exact) mass is 322 g/mol. The normalized spacial score (nSPS) is 13.6. The van der Waals surface area contributed by atoms with Crippen molar-refractivity contribution in [3.63, 3.8) is 0 Å². The predicted octanol–water partition coefficient (Wildman–Crippen LogP) is 4.13. The molecule has 3 heteroatoms. The van der Waals surface area contributed by atoms with Gasteiger partial charge in [-0.25, -0.2) is 0 Å². The second-order valence-corrected chi connectivity index (χ2v) is 6.62. The smallest absolute Gasteiger partial charge is 0.119 e. The highest BCUT2D eigenvalue weighted by atomic mass is 16.1. The topological polar surface area (TPSA) is 46.3 Å². The number of aldehydes is 1. The molecular weight excluding hydrogens is 296 g/mol. The molecule has 2 aromatic carbocycles. The first-order valence-corrected chi connectivity index (χ1v) is 8.91. The van der Waals surface area contributed by atoms with E-state index in [0.717, 1.165) is 50.7 Å². The molecule has 0 saturated heterocycles. The van der Waals surface area contributed by atoms with E-state index < -0.39 is 0 Å². The van der Waals surface area contributed by atoms with Gasteiger partial charge in [0.15, 0.2) is 0 Å². The summed E-state index contributed by atoms with van der Waals surface area (Å²) in [6.07, 6.45) is 6.95. The molecule has 0 fully saturated rings. The second-order valence-electron chi connectivity index (χ2n) is 6.62. The van der Waals surface area contributed by atoms with E-state index in [0.29, 0.717) is 6.42 Å². The standard InChI is InChI=1S/C21H26N2O/c22-20-15-18(10-5-2-6-13-24)14-19-11-7-12-23(21(19)20)16-17-8-3-1-4-9-17/h1,3-4,8-9,13-15H,2,5-7,10-12,16,22H2. The molecule has 0 saturated carbocycles. The van der Waals surface area contributed by atoms with Gasteiger partial charge in [0.1, 0.15) is 6.29 Å². The lowest BCUT2D eigenvalue weighted by Gasteiger charge is -2.33. The van der Waals surface area contributed by atoms with Gasteiger partial charge in [0.25, 0.3) is 0 Å². The van der Waals surface area contributed by atoms with Crippen LogP contribution in [0.3, 0.4) is 0 Å². The third-order valence-electron chi connectivity index (χ3n) is 4.72. The molecule has 1 heterocycles. The SMILES string of the molecule is Nc1cc(CCCCC=O)cc2c1N(Cc1ccccc1)CCC2. The van der Waals surface area contributed by atoms with Crippen LogP contribution in [-0.4, -0.2) is 12.8 Å². The van der Waals surface area contributed by atoms with Crippen LogP contribution in [0.25, 0.3) is 0 Å². The van der Waals surface area contributed by atoms with Crippen molar-refractivity contribution in [2.75, 3.05) is 17.2 Å². The van der Waals surface area contributed by atoms with Gasteiger partial charge in [-0.3, -0.25) is 0 Å². The van der Waals surface area contributed by atoms with E-state index >= 15 is 0 Å². The van der Waals surface area contributed by atoms with Crippen LogP contribution in [-0.2, 0) is 24.2 Å². The predicted molar refractivity (Wildman–Crippen MR) is 100 cm³/mol. The first kappa shape index (κ1) is 16.6. The summed E-state index contributed by atoms with van der Waals surface area (Å²) in [4.78, 5) is 12.8. The zero-order valence-electron chi connectivity index (χ0n) is 14.2. The summed E-state index contributed by atoms with van der Waals surface area (Å²) in [6, 6.07) is 15.0. The van der Waals surface area contributed by atoms with Crippen molar-refractivity contribution in [2.24, 2.45) is 0 Å². The Morgan fingerprint density at radius 3 is 2.71 bits per heavy atom. The summed E-state index contributed by atoms with van der Waals surface area (Å²) in [5.41, 5.74) is 12.5. The minimum absolute atomic E-state index is 0.658. The summed E-state index contributed by atoms with van der Waals surface area (Å²) >= 11 is 0. The molecule has 24 heavy (non-hydrogen) atoms. The molecule has 0 amide bonds. The largest absolute Gasteiger partial charge is 0.397 e. The number of unbranched alkanes of at least 4 members (excludes halogenated alkanes) is 2. The number of benzene rings is 2. The van der Waals surface area contributed by atoms with E-state index in [9.17, 15) is 4.79 Å². The van der Waals surface area contributed by atoms with Gasteiger partial charge in [-0.2, -0.15) is 0 Å². The average Bonchev–Trinajstić information content (AvgIpc) is 2.59. The van der Waals surface area contributed by atoms with Crippen LogP contribution in [0.15, 0.2) is 42.5 Å². The quantitative estimate of drug-likeness (QED) is 0.473. The van der Waals surface area contributed by atoms with Gasteiger partial charge < -0.3 is 15.4 Å². The lowest BCUT2D eigenvalue weighted by molar-refractivity contribution is -0.107. The van der Waals surface area contributed by atoms with Crippen molar-refractivity contribution >= 4 is 17.7 Å². The molecule has 0 spiro atoms. The Kier molecular flexibility index (Phi) is 5.52. The molecule has 0 atom stereocenters. The van der Waals surface area contributed by atoms with Crippen LogP contribution < -0.4 is 10.6 Å². The second kappa shape index (κ2) is 8.00. The number of nitrogen functional groups attached to an aromatic ring is 1. The van der Waals surface area contributed by atoms with E-state index in [4.69, 9.17) is 5.73 Å². The number of aryl methyl sites for hydroxylation is 2. The fourth-order valence-corrected chi connectivity index (χ4v) is 3.60. The molecule has 126 valence electrons. The molecule has 0 aromatic heterocycles. The van der Waals surface area contributed by atoms with Gasteiger partial charge in [-0.1, -0.05) is 36.4 Å². The van der Waals surface area contributed by atoms with Gasteiger partial charge >= 0.3 is 0 Å². The Labute approximate surface area is 144 Å². The molecule has 3 rings (SSSR count). The highest BCUT2D eigenvalue weighted by Gasteiger charge is 2.20. The molecule has 0 bridgehead atoms. The lowest BCUT2D eigenvalue weighted by Crippen LogP contribution is -2.29. The number of nitrogens with zero attached hydrogens (tertiary/aromatic N) is 1. The number of hydrogen-bond acceptors (Lipinski definition) is 3. The summed E-state index contributed by atoms with van der Waals surface area (Å²) in [6.45, 7) is 1.97. The highest BCUT2D eigenvalue weighted by Crippen LogP contribution is 2.35. The third-order valence-corrected chi connectivity index (χ3v) is 4.72. The molecule has 2 aromatic rings. The maximum atomic E-state index is 10.4. The van der Waals surface area contributed by atoms with Crippen molar-refractivity contribution in [3.05, 3.63) is 59.2 Å². The molecule has 2 N–H and O–H groups in total. The molecule has 0 unspecified atom stereocenters. The van der Waals surface area contributed by atoms with Gasteiger partial charge in [-0.05, 0) is 54.9 Å². The first-order chi connectivity index (χ1) is 11.8. The summed E-state index contributed by atoms with van der Waals surface area (Å²) in [7, 11) is 0. The molecule has 1 aliphatic heterocycles. The number of fused-ring (bicyclic) bond motifs is 1. The lowest BCUT2D eigenvalue weighted by atomic mass is 9.95. The van der Waals surface area contributed by atoms with E-state index in [1.807, 2.05) is 0 Å².